The number of fused-ring (bicyclic) bond motifs is 1. The highest BCUT2D eigenvalue weighted by Gasteiger charge is 2.65. The molecule has 184 valence electrons. The summed E-state index contributed by atoms with van der Waals surface area (Å²) in [5.41, 5.74) is -2.55. The third kappa shape index (κ3) is 3.74. The van der Waals surface area contributed by atoms with Gasteiger partial charge in [-0.05, 0) is 13.0 Å². The van der Waals surface area contributed by atoms with Crippen LogP contribution in [0.1, 0.15) is 37.1 Å². The van der Waals surface area contributed by atoms with Gasteiger partial charge in [0.15, 0.2) is 17.2 Å². The summed E-state index contributed by atoms with van der Waals surface area (Å²) >= 11 is 0. The van der Waals surface area contributed by atoms with E-state index < -0.39 is 59.1 Å². The van der Waals surface area contributed by atoms with Gasteiger partial charge in [-0.3, -0.25) is 9.78 Å². The highest BCUT2D eigenvalue weighted by molar-refractivity contribution is 5.95. The van der Waals surface area contributed by atoms with Crippen molar-refractivity contribution in [2.24, 2.45) is 5.92 Å². The Morgan fingerprint density at radius 1 is 1.32 bits per heavy atom. The minimum Gasteiger partial charge on any atom is -0.493 e. The number of hydrogen-bond acceptors (Lipinski definition) is 6. The van der Waals surface area contributed by atoms with Crippen LogP contribution in [0.3, 0.4) is 0 Å². The lowest BCUT2D eigenvalue weighted by Crippen LogP contribution is -2.47. The Hall–Kier alpha value is -2.99. The molecule has 0 unspecified atom stereocenters. The molecule has 34 heavy (non-hydrogen) atoms. The van der Waals surface area contributed by atoms with Crippen LogP contribution in [0.5, 0.6) is 11.5 Å². The van der Waals surface area contributed by atoms with Crippen LogP contribution in [-0.4, -0.2) is 47.6 Å². The first-order valence-electron chi connectivity index (χ1n) is 10.3. The number of amides is 1. The third-order valence-electron chi connectivity index (χ3n) is 6.43. The number of aromatic nitrogens is 1. The molecular formula is C22H21F5N2O5. The number of carbonyl (C=O) groups excluding carboxylic acids is 1. The molecule has 2 aliphatic rings. The lowest BCUT2D eigenvalue weighted by Gasteiger charge is -2.32. The third-order valence-corrected chi connectivity index (χ3v) is 6.43. The SMILES string of the molecule is COc1c([C@H]2[C@H](C(=O)Nc3cnc4c(c3)OC[C@H]4O)O[C@@](C)(C(F)(F)F)[C@H]2C)ccc(F)c1F. The summed E-state index contributed by atoms with van der Waals surface area (Å²) in [5, 5.41) is 12.2. The molecule has 2 N–H and O–H groups in total. The predicted octanol–water partition coefficient (Wildman–Crippen LogP) is 3.87. The van der Waals surface area contributed by atoms with Gasteiger partial charge in [0.05, 0.1) is 19.0 Å². The van der Waals surface area contributed by atoms with E-state index in [-0.39, 0.29) is 29.3 Å². The first-order chi connectivity index (χ1) is 15.9. The van der Waals surface area contributed by atoms with Crippen LogP contribution in [0.2, 0.25) is 0 Å². The van der Waals surface area contributed by atoms with Crippen molar-refractivity contribution in [2.75, 3.05) is 19.0 Å². The number of ether oxygens (including phenoxy) is 3. The van der Waals surface area contributed by atoms with E-state index in [1.165, 1.54) is 19.2 Å². The average Bonchev–Trinajstić information content (AvgIpc) is 3.27. The molecule has 1 fully saturated rings. The fraction of sp³-hybridized carbons (Fsp3) is 0.455. The highest BCUT2D eigenvalue weighted by Crippen LogP contribution is 2.55. The molecule has 3 heterocycles. The second-order valence-electron chi connectivity index (χ2n) is 8.36. The van der Waals surface area contributed by atoms with Gasteiger partial charge in [0.1, 0.15) is 30.3 Å². The fourth-order valence-corrected chi connectivity index (χ4v) is 4.39. The number of carbonyl (C=O) groups is 1. The largest absolute Gasteiger partial charge is 0.493 e. The maximum Gasteiger partial charge on any atom is 0.417 e. The Labute approximate surface area is 190 Å². The smallest absolute Gasteiger partial charge is 0.417 e. The zero-order valence-corrected chi connectivity index (χ0v) is 18.2. The van der Waals surface area contributed by atoms with Crippen molar-refractivity contribution >= 4 is 11.6 Å². The van der Waals surface area contributed by atoms with Crippen molar-refractivity contribution in [1.29, 1.82) is 0 Å². The summed E-state index contributed by atoms with van der Waals surface area (Å²) in [6.45, 7) is 2.00. The maximum absolute atomic E-state index is 14.4. The molecule has 1 saturated heterocycles. The van der Waals surface area contributed by atoms with E-state index in [2.05, 4.69) is 10.3 Å². The molecular weight excluding hydrogens is 467 g/mol. The van der Waals surface area contributed by atoms with E-state index >= 15 is 0 Å². The number of alkyl halides is 3. The molecule has 1 amide bonds. The summed E-state index contributed by atoms with van der Waals surface area (Å²) in [4.78, 5) is 17.2. The minimum absolute atomic E-state index is 0.0229. The van der Waals surface area contributed by atoms with Gasteiger partial charge < -0.3 is 24.6 Å². The number of methoxy groups -OCH3 is 1. The molecule has 0 aliphatic carbocycles. The average molecular weight is 488 g/mol. The number of anilines is 1. The molecule has 1 aromatic carbocycles. The molecule has 1 aromatic heterocycles. The van der Waals surface area contributed by atoms with Crippen LogP contribution in [0, 0.1) is 17.6 Å². The Balaban J connectivity index is 1.73. The van der Waals surface area contributed by atoms with Gasteiger partial charge in [-0.15, -0.1) is 0 Å². The van der Waals surface area contributed by atoms with Gasteiger partial charge >= 0.3 is 6.18 Å². The molecule has 0 spiro atoms. The van der Waals surface area contributed by atoms with Gasteiger partial charge in [0, 0.05) is 23.5 Å². The molecule has 5 atom stereocenters. The maximum atomic E-state index is 14.4. The number of nitrogens with zero attached hydrogens (tertiary/aromatic N) is 1. The summed E-state index contributed by atoms with van der Waals surface area (Å²) in [5.74, 6) is -6.70. The first-order valence-corrected chi connectivity index (χ1v) is 10.3. The van der Waals surface area contributed by atoms with E-state index in [0.29, 0.717) is 0 Å². The predicted molar refractivity (Wildman–Crippen MR) is 107 cm³/mol. The van der Waals surface area contributed by atoms with E-state index in [1.807, 2.05) is 0 Å². The van der Waals surface area contributed by atoms with Gasteiger partial charge in [-0.2, -0.15) is 17.6 Å². The Morgan fingerprint density at radius 3 is 2.68 bits per heavy atom. The Bertz CT molecular complexity index is 1130. The number of aliphatic hydroxyl groups excluding tert-OH is 1. The van der Waals surface area contributed by atoms with Crippen LogP contribution >= 0.6 is 0 Å². The highest BCUT2D eigenvalue weighted by atomic mass is 19.4. The van der Waals surface area contributed by atoms with E-state index in [1.54, 1.807) is 0 Å². The monoisotopic (exact) mass is 488 g/mol. The van der Waals surface area contributed by atoms with Crippen LogP contribution in [-0.2, 0) is 9.53 Å². The number of aliphatic hydroxyl groups is 1. The van der Waals surface area contributed by atoms with Crippen molar-refractivity contribution in [3.05, 3.63) is 47.3 Å². The van der Waals surface area contributed by atoms with Crippen molar-refractivity contribution in [3.63, 3.8) is 0 Å². The van der Waals surface area contributed by atoms with Gasteiger partial charge in [-0.25, -0.2) is 4.39 Å². The molecule has 0 bridgehead atoms. The van der Waals surface area contributed by atoms with Crippen LogP contribution in [0.25, 0.3) is 0 Å². The molecule has 0 radical (unpaired) electrons. The van der Waals surface area contributed by atoms with E-state index in [4.69, 9.17) is 14.2 Å². The second kappa shape index (κ2) is 8.35. The zero-order valence-electron chi connectivity index (χ0n) is 18.2. The number of pyridine rings is 1. The fourth-order valence-electron chi connectivity index (χ4n) is 4.39. The molecule has 2 aromatic rings. The Morgan fingerprint density at radius 2 is 2.03 bits per heavy atom. The molecule has 2 aliphatic heterocycles. The standard InChI is InChI=1S/C22H21F5N2O5/c1-9-15(11-4-5-12(23)16(24)18(11)32-3)19(34-21(9,2)22(25,26)27)20(31)29-10-6-14-17(28-7-10)13(30)8-33-14/h4-7,9,13,15,19,30H,8H2,1-3H3,(H,29,31)/t9-,13+,15-,19+,21+/m0/s1. The quantitative estimate of drug-likeness (QED) is 0.636. The summed E-state index contributed by atoms with van der Waals surface area (Å²) < 4.78 is 85.6. The molecule has 4 rings (SSSR count). The summed E-state index contributed by atoms with van der Waals surface area (Å²) in [7, 11) is 1.05. The molecule has 12 heteroatoms. The van der Waals surface area contributed by atoms with Crippen LogP contribution in [0.4, 0.5) is 27.6 Å². The number of nitrogens with one attached hydrogen (secondary N) is 1. The number of halogens is 5. The lowest BCUT2D eigenvalue weighted by atomic mass is 9.77. The molecule has 0 saturated carbocycles. The van der Waals surface area contributed by atoms with Crippen molar-refractivity contribution in [2.45, 2.75) is 43.8 Å². The van der Waals surface area contributed by atoms with Crippen LogP contribution < -0.4 is 14.8 Å². The lowest BCUT2D eigenvalue weighted by molar-refractivity contribution is -0.272. The van der Waals surface area contributed by atoms with Gasteiger partial charge in [0.25, 0.3) is 5.91 Å². The minimum atomic E-state index is -4.87. The van der Waals surface area contributed by atoms with E-state index in [0.717, 1.165) is 26.2 Å². The topological polar surface area (TPSA) is 89.9 Å². The van der Waals surface area contributed by atoms with Crippen LogP contribution in [0.15, 0.2) is 24.4 Å². The summed E-state index contributed by atoms with van der Waals surface area (Å²) in [6, 6.07) is 3.20. The van der Waals surface area contributed by atoms with E-state index in [9.17, 15) is 31.9 Å². The van der Waals surface area contributed by atoms with Crippen molar-refractivity contribution in [3.8, 4) is 11.5 Å². The number of rotatable bonds is 4. The number of benzene rings is 1. The molecule has 7 nitrogen and oxygen atoms in total. The second-order valence-corrected chi connectivity index (χ2v) is 8.36. The normalized spacial score (nSPS) is 28.4. The van der Waals surface area contributed by atoms with Gasteiger partial charge in [0.2, 0.25) is 5.82 Å². The van der Waals surface area contributed by atoms with Gasteiger partial charge in [-0.1, -0.05) is 13.0 Å². The summed E-state index contributed by atoms with van der Waals surface area (Å²) in [6.07, 6.45) is -6.33. The van der Waals surface area contributed by atoms with Crippen molar-refractivity contribution < 1.29 is 46.1 Å². The van der Waals surface area contributed by atoms with Crippen molar-refractivity contribution in [1.82, 2.24) is 4.98 Å². The Kier molecular flexibility index (Phi) is 5.93. The number of hydrogen-bond donors (Lipinski definition) is 2. The first kappa shape index (κ1) is 24.1. The zero-order chi connectivity index (χ0) is 25.0.